The predicted molar refractivity (Wildman–Crippen MR) is 66.0 cm³/mol. The topological polar surface area (TPSA) is 39.1 Å². The number of halogens is 1. The second-order valence-corrected chi connectivity index (χ2v) is 4.33. The molecule has 1 N–H and O–H groups in total. The largest absolute Gasteiger partial charge is 0.308 e. The van der Waals surface area contributed by atoms with Crippen molar-refractivity contribution in [3.05, 3.63) is 35.1 Å². The first-order valence-electron chi connectivity index (χ1n) is 5.58. The lowest BCUT2D eigenvalue weighted by Gasteiger charge is -2.15. The van der Waals surface area contributed by atoms with Crippen molar-refractivity contribution >= 4 is 0 Å². The summed E-state index contributed by atoms with van der Waals surface area (Å²) in [7, 11) is 3.95. The van der Waals surface area contributed by atoms with E-state index in [1.807, 2.05) is 19.0 Å². The summed E-state index contributed by atoms with van der Waals surface area (Å²) in [6.45, 7) is 3.28. The van der Waals surface area contributed by atoms with E-state index in [1.165, 1.54) is 6.07 Å². The Morgan fingerprint density at radius 3 is 2.71 bits per heavy atom. The first-order valence-corrected chi connectivity index (χ1v) is 5.58. The Balaban J connectivity index is 2.67. The van der Waals surface area contributed by atoms with E-state index in [4.69, 9.17) is 5.26 Å². The SMILES string of the molecule is Cc1cc(C(C#N)NCCN(C)C)ccc1F. The third-order valence-electron chi connectivity index (χ3n) is 2.55. The Hall–Kier alpha value is -1.44. The van der Waals surface area contributed by atoms with Crippen LogP contribution in [0.1, 0.15) is 17.2 Å². The minimum atomic E-state index is -0.380. The van der Waals surface area contributed by atoms with Gasteiger partial charge in [0.25, 0.3) is 0 Å². The molecular formula is C13H18FN3. The summed E-state index contributed by atoms with van der Waals surface area (Å²) in [4.78, 5) is 2.04. The van der Waals surface area contributed by atoms with Crippen molar-refractivity contribution in [2.45, 2.75) is 13.0 Å². The highest BCUT2D eigenvalue weighted by Gasteiger charge is 2.10. The van der Waals surface area contributed by atoms with Gasteiger partial charge < -0.3 is 4.90 Å². The zero-order valence-corrected chi connectivity index (χ0v) is 10.5. The molecule has 1 unspecified atom stereocenters. The average molecular weight is 235 g/mol. The molecule has 0 saturated carbocycles. The van der Waals surface area contributed by atoms with Crippen LogP contribution in [-0.2, 0) is 0 Å². The molecule has 0 amide bonds. The second kappa shape index (κ2) is 6.33. The number of rotatable bonds is 5. The minimum Gasteiger partial charge on any atom is -0.308 e. The lowest BCUT2D eigenvalue weighted by molar-refractivity contribution is 0.395. The number of nitrogens with zero attached hydrogens (tertiary/aromatic N) is 2. The third-order valence-corrected chi connectivity index (χ3v) is 2.55. The molecule has 0 heterocycles. The molecule has 0 aliphatic carbocycles. The lowest BCUT2D eigenvalue weighted by atomic mass is 10.1. The van der Waals surface area contributed by atoms with Crippen LogP contribution in [0.25, 0.3) is 0 Å². The Morgan fingerprint density at radius 1 is 1.47 bits per heavy atom. The van der Waals surface area contributed by atoms with Gasteiger partial charge in [-0.25, -0.2) is 4.39 Å². The van der Waals surface area contributed by atoms with Crippen molar-refractivity contribution < 1.29 is 4.39 Å². The van der Waals surface area contributed by atoms with Gasteiger partial charge in [-0.2, -0.15) is 5.26 Å². The molecule has 0 fully saturated rings. The van der Waals surface area contributed by atoms with Gasteiger partial charge in [0.15, 0.2) is 0 Å². The molecule has 3 nitrogen and oxygen atoms in total. The Morgan fingerprint density at radius 2 is 2.18 bits per heavy atom. The Bertz CT molecular complexity index is 410. The van der Waals surface area contributed by atoms with Crippen molar-refractivity contribution in [2.24, 2.45) is 0 Å². The molecule has 0 spiro atoms. The van der Waals surface area contributed by atoms with Gasteiger partial charge in [-0.3, -0.25) is 5.32 Å². The Labute approximate surface area is 102 Å². The molecular weight excluding hydrogens is 217 g/mol. The maximum Gasteiger partial charge on any atom is 0.126 e. The van der Waals surface area contributed by atoms with Crippen LogP contribution >= 0.6 is 0 Å². The van der Waals surface area contributed by atoms with E-state index >= 15 is 0 Å². The van der Waals surface area contributed by atoms with Gasteiger partial charge in [0.05, 0.1) is 6.07 Å². The highest BCUT2D eigenvalue weighted by atomic mass is 19.1. The van der Waals surface area contributed by atoms with Gasteiger partial charge >= 0.3 is 0 Å². The monoisotopic (exact) mass is 235 g/mol. The third kappa shape index (κ3) is 4.14. The van der Waals surface area contributed by atoms with E-state index in [9.17, 15) is 4.39 Å². The van der Waals surface area contributed by atoms with Crippen LogP contribution in [0.5, 0.6) is 0 Å². The average Bonchev–Trinajstić information content (AvgIpc) is 2.28. The molecule has 0 radical (unpaired) electrons. The van der Waals surface area contributed by atoms with E-state index in [1.54, 1.807) is 19.1 Å². The second-order valence-electron chi connectivity index (χ2n) is 4.33. The molecule has 1 aromatic carbocycles. The van der Waals surface area contributed by atoms with Crippen molar-refractivity contribution in [1.29, 1.82) is 5.26 Å². The van der Waals surface area contributed by atoms with Crippen LogP contribution in [0.3, 0.4) is 0 Å². The molecule has 1 aromatic rings. The van der Waals surface area contributed by atoms with E-state index in [2.05, 4.69) is 11.4 Å². The van der Waals surface area contributed by atoms with Crippen LogP contribution < -0.4 is 5.32 Å². The van der Waals surface area contributed by atoms with Crippen LogP contribution in [-0.4, -0.2) is 32.1 Å². The number of nitrogens with one attached hydrogen (secondary N) is 1. The summed E-state index contributed by atoms with van der Waals surface area (Å²) in [5, 5.41) is 12.2. The van der Waals surface area contributed by atoms with Crippen LogP contribution in [0.4, 0.5) is 4.39 Å². The van der Waals surface area contributed by atoms with Crippen LogP contribution in [0.15, 0.2) is 18.2 Å². The maximum absolute atomic E-state index is 13.1. The van der Waals surface area contributed by atoms with Crippen molar-refractivity contribution in [3.8, 4) is 6.07 Å². The van der Waals surface area contributed by atoms with Gasteiger partial charge in [-0.1, -0.05) is 12.1 Å². The zero-order valence-electron chi connectivity index (χ0n) is 10.5. The molecule has 92 valence electrons. The highest BCUT2D eigenvalue weighted by molar-refractivity contribution is 5.29. The number of nitriles is 1. The van der Waals surface area contributed by atoms with Gasteiger partial charge in [-0.15, -0.1) is 0 Å². The predicted octanol–water partition coefficient (Wildman–Crippen LogP) is 1.85. The lowest BCUT2D eigenvalue weighted by Crippen LogP contribution is -2.29. The number of hydrogen-bond acceptors (Lipinski definition) is 3. The van der Waals surface area contributed by atoms with Crippen molar-refractivity contribution in [3.63, 3.8) is 0 Å². The first kappa shape index (κ1) is 13.6. The fraction of sp³-hybridized carbons (Fsp3) is 0.462. The molecule has 1 atom stereocenters. The summed E-state index contributed by atoms with van der Waals surface area (Å²) in [6.07, 6.45) is 0. The van der Waals surface area contributed by atoms with E-state index in [0.717, 1.165) is 18.7 Å². The van der Waals surface area contributed by atoms with Crippen LogP contribution in [0.2, 0.25) is 0 Å². The molecule has 4 heteroatoms. The standard InChI is InChI=1S/C13H18FN3/c1-10-8-11(4-5-12(10)14)13(9-15)16-6-7-17(2)3/h4-5,8,13,16H,6-7H2,1-3H3. The summed E-state index contributed by atoms with van der Waals surface area (Å²) < 4.78 is 13.1. The van der Waals surface area contributed by atoms with Gasteiger partial charge in [0.1, 0.15) is 11.9 Å². The van der Waals surface area contributed by atoms with Crippen LogP contribution in [0, 0.1) is 24.1 Å². The fourth-order valence-electron chi connectivity index (χ4n) is 1.52. The molecule has 0 saturated heterocycles. The molecule has 0 bridgehead atoms. The number of aryl methyl sites for hydroxylation is 1. The quantitative estimate of drug-likeness (QED) is 0.846. The summed E-state index contributed by atoms with van der Waals surface area (Å²) in [6, 6.07) is 6.58. The molecule has 0 aliphatic heterocycles. The zero-order chi connectivity index (χ0) is 12.8. The highest BCUT2D eigenvalue weighted by Crippen LogP contribution is 2.16. The molecule has 0 aliphatic rings. The molecule has 17 heavy (non-hydrogen) atoms. The normalized spacial score (nSPS) is 12.5. The first-order chi connectivity index (χ1) is 8.04. The van der Waals surface area contributed by atoms with Crippen molar-refractivity contribution in [1.82, 2.24) is 10.2 Å². The summed E-state index contributed by atoms with van der Waals surface area (Å²) >= 11 is 0. The smallest absolute Gasteiger partial charge is 0.126 e. The maximum atomic E-state index is 13.1. The van der Waals surface area contributed by atoms with Gasteiger partial charge in [0, 0.05) is 13.1 Å². The summed E-state index contributed by atoms with van der Waals surface area (Å²) in [5.74, 6) is -0.237. The molecule has 1 rings (SSSR count). The minimum absolute atomic E-state index is 0.237. The number of hydrogen-bond donors (Lipinski definition) is 1. The molecule has 0 aromatic heterocycles. The summed E-state index contributed by atoms with van der Waals surface area (Å²) in [5.41, 5.74) is 1.38. The van der Waals surface area contributed by atoms with Gasteiger partial charge in [0.2, 0.25) is 0 Å². The van der Waals surface area contributed by atoms with Crippen molar-refractivity contribution in [2.75, 3.05) is 27.2 Å². The van der Waals surface area contributed by atoms with Gasteiger partial charge in [-0.05, 0) is 38.2 Å². The fourth-order valence-corrected chi connectivity index (χ4v) is 1.52. The number of likely N-dealkylation sites (N-methyl/N-ethyl adjacent to an activating group) is 1. The van der Waals surface area contributed by atoms with E-state index in [0.29, 0.717) is 5.56 Å². The van der Waals surface area contributed by atoms with E-state index in [-0.39, 0.29) is 11.9 Å². The Kier molecular flexibility index (Phi) is 5.08. The number of benzene rings is 1. The van der Waals surface area contributed by atoms with E-state index < -0.39 is 0 Å².